The maximum atomic E-state index is 12.5. The molecule has 2 rings (SSSR count). The van der Waals surface area contributed by atoms with Gasteiger partial charge in [0.05, 0.1) is 37.4 Å². The number of hydrogen-bond donors (Lipinski definition) is 1. The molecule has 0 saturated heterocycles. The van der Waals surface area contributed by atoms with Crippen molar-refractivity contribution in [1.29, 1.82) is 0 Å². The van der Waals surface area contributed by atoms with E-state index in [0.717, 1.165) is 15.8 Å². The molecule has 0 saturated carbocycles. The minimum Gasteiger partial charge on any atom is -0.497 e. The number of carbonyl (C=O) groups is 1. The summed E-state index contributed by atoms with van der Waals surface area (Å²) in [5.41, 5.74) is 1.42. The second-order valence-electron chi connectivity index (χ2n) is 5.16. The number of rotatable bonds is 6. The molecule has 0 aromatic heterocycles. The lowest BCUT2D eigenvalue weighted by Crippen LogP contribution is -2.27. The van der Waals surface area contributed by atoms with Crippen LogP contribution in [0.15, 0.2) is 40.9 Å². The predicted octanol–water partition coefficient (Wildman–Crippen LogP) is 3.97. The third-order valence-electron chi connectivity index (χ3n) is 3.68. The fraction of sp³-hybridized carbons (Fsp3) is 0.278. The van der Waals surface area contributed by atoms with Crippen LogP contribution < -0.4 is 19.5 Å². The van der Waals surface area contributed by atoms with Gasteiger partial charge in [0.2, 0.25) is 0 Å². The van der Waals surface area contributed by atoms with E-state index in [4.69, 9.17) is 14.2 Å². The largest absolute Gasteiger partial charge is 0.497 e. The van der Waals surface area contributed by atoms with Crippen molar-refractivity contribution in [2.45, 2.75) is 13.0 Å². The number of hydrogen-bond acceptors (Lipinski definition) is 4. The Hall–Kier alpha value is -2.21. The number of amides is 1. The van der Waals surface area contributed by atoms with Gasteiger partial charge in [0.1, 0.15) is 17.2 Å². The van der Waals surface area contributed by atoms with E-state index >= 15 is 0 Å². The van der Waals surface area contributed by atoms with Crippen molar-refractivity contribution in [2.75, 3.05) is 21.3 Å². The zero-order valence-electron chi connectivity index (χ0n) is 14.1. The molecular formula is C18H20BrNO4. The van der Waals surface area contributed by atoms with Gasteiger partial charge in [-0.25, -0.2) is 0 Å². The smallest absolute Gasteiger partial charge is 0.255 e. The topological polar surface area (TPSA) is 56.8 Å². The highest BCUT2D eigenvalue weighted by molar-refractivity contribution is 9.10. The van der Waals surface area contributed by atoms with E-state index in [0.29, 0.717) is 17.1 Å². The van der Waals surface area contributed by atoms with Gasteiger partial charge >= 0.3 is 0 Å². The fourth-order valence-electron chi connectivity index (χ4n) is 2.30. The van der Waals surface area contributed by atoms with E-state index in [1.165, 1.54) is 7.11 Å². The Morgan fingerprint density at radius 1 is 1.00 bits per heavy atom. The Bertz CT molecular complexity index is 733. The SMILES string of the molecule is COc1ccc(C(=O)NC(C)c2ccc(OC)c(Br)c2)c(OC)c1. The third-order valence-corrected chi connectivity index (χ3v) is 4.30. The van der Waals surface area contributed by atoms with Gasteiger partial charge < -0.3 is 19.5 Å². The van der Waals surface area contributed by atoms with Crippen LogP contribution in [0.5, 0.6) is 17.2 Å². The lowest BCUT2D eigenvalue weighted by molar-refractivity contribution is 0.0937. The van der Waals surface area contributed by atoms with E-state index < -0.39 is 0 Å². The molecule has 0 heterocycles. The molecule has 1 unspecified atom stereocenters. The second kappa shape index (κ2) is 8.06. The molecule has 0 fully saturated rings. The Morgan fingerprint density at radius 2 is 1.71 bits per heavy atom. The summed E-state index contributed by atoms with van der Waals surface area (Å²) in [6, 6.07) is 10.6. The summed E-state index contributed by atoms with van der Waals surface area (Å²) < 4.78 is 16.5. The van der Waals surface area contributed by atoms with Crippen LogP contribution in [0.2, 0.25) is 0 Å². The number of benzene rings is 2. The van der Waals surface area contributed by atoms with E-state index in [2.05, 4.69) is 21.2 Å². The van der Waals surface area contributed by atoms with Gasteiger partial charge in [0, 0.05) is 6.07 Å². The Kier molecular flexibility index (Phi) is 6.09. The van der Waals surface area contributed by atoms with Crippen molar-refractivity contribution in [3.05, 3.63) is 52.0 Å². The number of ether oxygens (including phenoxy) is 3. The maximum Gasteiger partial charge on any atom is 0.255 e. The average Bonchev–Trinajstić information content (AvgIpc) is 2.60. The molecule has 0 aliphatic heterocycles. The Morgan fingerprint density at radius 3 is 2.29 bits per heavy atom. The molecule has 0 spiro atoms. The number of halogens is 1. The first-order chi connectivity index (χ1) is 11.5. The summed E-state index contributed by atoms with van der Waals surface area (Å²) in [4.78, 5) is 12.5. The minimum absolute atomic E-state index is 0.175. The van der Waals surface area contributed by atoms with Crippen molar-refractivity contribution in [1.82, 2.24) is 5.32 Å². The van der Waals surface area contributed by atoms with Crippen LogP contribution in [0.3, 0.4) is 0 Å². The van der Waals surface area contributed by atoms with Crippen molar-refractivity contribution in [3.8, 4) is 17.2 Å². The highest BCUT2D eigenvalue weighted by atomic mass is 79.9. The van der Waals surface area contributed by atoms with Crippen molar-refractivity contribution in [3.63, 3.8) is 0 Å². The predicted molar refractivity (Wildman–Crippen MR) is 96.1 cm³/mol. The normalized spacial score (nSPS) is 11.5. The molecule has 5 nitrogen and oxygen atoms in total. The minimum atomic E-state index is -0.214. The summed E-state index contributed by atoms with van der Waals surface area (Å²) in [5, 5.41) is 2.97. The van der Waals surface area contributed by atoms with Crippen molar-refractivity contribution >= 4 is 21.8 Å². The molecule has 0 aliphatic rings. The molecule has 6 heteroatoms. The molecule has 2 aromatic carbocycles. The van der Waals surface area contributed by atoms with Gasteiger partial charge in [-0.05, 0) is 52.7 Å². The monoisotopic (exact) mass is 393 g/mol. The number of carbonyl (C=O) groups excluding carboxylic acids is 1. The summed E-state index contributed by atoms with van der Waals surface area (Å²) in [6.45, 7) is 1.92. The number of nitrogens with one attached hydrogen (secondary N) is 1. The van der Waals surface area contributed by atoms with Crippen LogP contribution >= 0.6 is 15.9 Å². The van der Waals surface area contributed by atoms with Gasteiger partial charge in [-0.3, -0.25) is 4.79 Å². The van der Waals surface area contributed by atoms with Crippen molar-refractivity contribution in [2.24, 2.45) is 0 Å². The Labute approximate surface area is 150 Å². The summed E-state index contributed by atoms with van der Waals surface area (Å²) in [7, 11) is 4.70. The van der Waals surface area contributed by atoms with Crippen LogP contribution in [0.1, 0.15) is 28.9 Å². The quantitative estimate of drug-likeness (QED) is 0.806. The summed E-state index contributed by atoms with van der Waals surface area (Å²) in [6.07, 6.45) is 0. The lowest BCUT2D eigenvalue weighted by Gasteiger charge is -2.17. The average molecular weight is 394 g/mol. The summed E-state index contributed by atoms with van der Waals surface area (Å²) >= 11 is 3.45. The van der Waals surface area contributed by atoms with E-state index in [9.17, 15) is 4.79 Å². The van der Waals surface area contributed by atoms with Gasteiger partial charge in [-0.1, -0.05) is 6.07 Å². The van der Waals surface area contributed by atoms with Crippen LogP contribution in [0, 0.1) is 0 Å². The van der Waals surface area contributed by atoms with E-state index in [-0.39, 0.29) is 11.9 Å². The highest BCUT2D eigenvalue weighted by Gasteiger charge is 2.17. The highest BCUT2D eigenvalue weighted by Crippen LogP contribution is 2.29. The second-order valence-corrected chi connectivity index (χ2v) is 6.01. The first kappa shape index (κ1) is 18.1. The standard InChI is InChI=1S/C18H20BrNO4/c1-11(12-5-8-16(23-3)15(19)9-12)20-18(21)14-7-6-13(22-2)10-17(14)24-4/h5-11H,1-4H3,(H,20,21). The lowest BCUT2D eigenvalue weighted by atomic mass is 10.1. The van der Waals surface area contributed by atoms with Gasteiger partial charge in [0.15, 0.2) is 0 Å². The zero-order valence-corrected chi connectivity index (χ0v) is 15.6. The molecule has 128 valence electrons. The third kappa shape index (κ3) is 4.00. The van der Waals surface area contributed by atoms with Crippen LogP contribution in [0.25, 0.3) is 0 Å². The van der Waals surface area contributed by atoms with Gasteiger partial charge in [0.25, 0.3) is 5.91 Å². The molecule has 1 N–H and O–H groups in total. The van der Waals surface area contributed by atoms with Crippen LogP contribution in [-0.4, -0.2) is 27.2 Å². The maximum absolute atomic E-state index is 12.5. The van der Waals surface area contributed by atoms with E-state index in [1.807, 2.05) is 25.1 Å². The summed E-state index contributed by atoms with van der Waals surface area (Å²) in [5.74, 6) is 1.63. The molecule has 0 bridgehead atoms. The molecule has 0 aliphatic carbocycles. The molecule has 24 heavy (non-hydrogen) atoms. The molecule has 1 amide bonds. The molecule has 2 aromatic rings. The first-order valence-electron chi connectivity index (χ1n) is 7.36. The first-order valence-corrected chi connectivity index (χ1v) is 8.15. The molecular weight excluding hydrogens is 374 g/mol. The fourth-order valence-corrected chi connectivity index (χ4v) is 2.85. The zero-order chi connectivity index (χ0) is 17.7. The Balaban J connectivity index is 2.18. The van der Waals surface area contributed by atoms with Crippen LogP contribution in [-0.2, 0) is 0 Å². The number of methoxy groups -OCH3 is 3. The molecule has 0 radical (unpaired) electrons. The van der Waals surface area contributed by atoms with Crippen molar-refractivity contribution < 1.29 is 19.0 Å². The van der Waals surface area contributed by atoms with Crippen LogP contribution in [0.4, 0.5) is 0 Å². The molecule has 1 atom stereocenters. The van der Waals surface area contributed by atoms with E-state index in [1.54, 1.807) is 32.4 Å². The van der Waals surface area contributed by atoms with Gasteiger partial charge in [-0.2, -0.15) is 0 Å². The van der Waals surface area contributed by atoms with Gasteiger partial charge in [-0.15, -0.1) is 0 Å².